The average Bonchev–Trinajstić information content (AvgIpc) is 2.63. The van der Waals surface area contributed by atoms with Gasteiger partial charge in [0.25, 0.3) is 5.91 Å². The summed E-state index contributed by atoms with van der Waals surface area (Å²) >= 11 is 0. The van der Waals surface area contributed by atoms with E-state index in [9.17, 15) is 27.9 Å². The fourth-order valence-electron chi connectivity index (χ4n) is 3.09. The largest absolute Gasteiger partial charge is 0.384 e. The molecular weight excluding hydrogens is 387 g/mol. The zero-order valence-electron chi connectivity index (χ0n) is 15.9. The van der Waals surface area contributed by atoms with Gasteiger partial charge in [-0.1, -0.05) is 6.07 Å². The number of β-amino-alcohol motifs (C(OH)–C–C–N with tert-alkyl or cyclic N) is 1. The Balaban J connectivity index is 1.84. The van der Waals surface area contributed by atoms with Gasteiger partial charge in [-0.3, -0.25) is 9.59 Å². The van der Waals surface area contributed by atoms with Crippen molar-refractivity contribution in [1.82, 2.24) is 10.2 Å². The highest BCUT2D eigenvalue weighted by molar-refractivity contribution is 6.01. The van der Waals surface area contributed by atoms with Crippen molar-refractivity contribution in [3.8, 4) is 0 Å². The summed E-state index contributed by atoms with van der Waals surface area (Å²) in [4.78, 5) is 25.0. The van der Waals surface area contributed by atoms with Crippen LogP contribution in [0.4, 0.5) is 24.5 Å². The van der Waals surface area contributed by atoms with Gasteiger partial charge in [-0.15, -0.1) is 0 Å². The summed E-state index contributed by atoms with van der Waals surface area (Å²) in [5, 5.41) is 15.2. The molecule has 0 spiro atoms. The van der Waals surface area contributed by atoms with E-state index in [1.54, 1.807) is 13.0 Å². The SMILES string of the molecule is CC(=O)NCC1(O)CN(C(=O)c2ccc(F)c(F)c2Nc2ccc(C)cc2F)C1. The summed E-state index contributed by atoms with van der Waals surface area (Å²) < 4.78 is 42.4. The molecule has 9 heteroatoms. The molecule has 154 valence electrons. The molecule has 1 heterocycles. The van der Waals surface area contributed by atoms with Crippen molar-refractivity contribution in [2.24, 2.45) is 0 Å². The van der Waals surface area contributed by atoms with Crippen LogP contribution >= 0.6 is 0 Å². The predicted molar refractivity (Wildman–Crippen MR) is 100 cm³/mol. The first-order chi connectivity index (χ1) is 13.6. The van der Waals surface area contributed by atoms with Gasteiger partial charge in [-0.25, -0.2) is 13.2 Å². The highest BCUT2D eigenvalue weighted by Crippen LogP contribution is 2.31. The second-order valence-corrected chi connectivity index (χ2v) is 7.19. The minimum absolute atomic E-state index is 0.0381. The Bertz CT molecular complexity index is 975. The first-order valence-corrected chi connectivity index (χ1v) is 8.87. The molecule has 1 saturated heterocycles. The van der Waals surface area contributed by atoms with Crippen LogP contribution in [0.1, 0.15) is 22.8 Å². The van der Waals surface area contributed by atoms with E-state index in [-0.39, 0.29) is 36.8 Å². The maximum Gasteiger partial charge on any atom is 0.256 e. The third-order valence-electron chi connectivity index (χ3n) is 4.63. The van der Waals surface area contributed by atoms with Crippen LogP contribution in [0.15, 0.2) is 30.3 Å². The van der Waals surface area contributed by atoms with Gasteiger partial charge >= 0.3 is 0 Å². The zero-order chi connectivity index (χ0) is 21.3. The normalized spacial score (nSPS) is 14.9. The molecule has 2 aromatic rings. The summed E-state index contributed by atoms with van der Waals surface area (Å²) in [5.41, 5.74) is -1.46. The van der Waals surface area contributed by atoms with Crippen LogP contribution in [-0.4, -0.2) is 47.1 Å². The number of hydrogen-bond donors (Lipinski definition) is 3. The Hall–Kier alpha value is -3.07. The number of likely N-dealkylation sites (tertiary alicyclic amines) is 1. The van der Waals surface area contributed by atoms with Crippen LogP contribution in [0.5, 0.6) is 0 Å². The van der Waals surface area contributed by atoms with Crippen molar-refractivity contribution in [3.63, 3.8) is 0 Å². The third-order valence-corrected chi connectivity index (χ3v) is 4.63. The highest BCUT2D eigenvalue weighted by Gasteiger charge is 2.44. The molecule has 1 aliphatic heterocycles. The van der Waals surface area contributed by atoms with Gasteiger partial charge in [-0.05, 0) is 36.8 Å². The lowest BCUT2D eigenvalue weighted by molar-refractivity contribution is -0.123. The molecule has 6 nitrogen and oxygen atoms in total. The van der Waals surface area contributed by atoms with Crippen LogP contribution in [0, 0.1) is 24.4 Å². The zero-order valence-corrected chi connectivity index (χ0v) is 15.9. The monoisotopic (exact) mass is 407 g/mol. The number of carbonyl (C=O) groups excluding carboxylic acids is 2. The van der Waals surface area contributed by atoms with Crippen molar-refractivity contribution >= 4 is 23.2 Å². The maximum atomic E-state index is 14.4. The van der Waals surface area contributed by atoms with Gasteiger partial charge in [-0.2, -0.15) is 0 Å². The smallest absolute Gasteiger partial charge is 0.256 e. The third kappa shape index (κ3) is 4.34. The van der Waals surface area contributed by atoms with E-state index in [1.807, 2.05) is 0 Å². The molecule has 1 aliphatic rings. The number of benzene rings is 2. The van der Waals surface area contributed by atoms with Gasteiger partial charge < -0.3 is 20.6 Å². The summed E-state index contributed by atoms with van der Waals surface area (Å²) in [6.45, 7) is 2.75. The Labute approximate surface area is 165 Å². The number of carbonyl (C=O) groups is 2. The molecule has 0 unspecified atom stereocenters. The Morgan fingerprint density at radius 3 is 2.45 bits per heavy atom. The number of hydrogen-bond acceptors (Lipinski definition) is 4. The second kappa shape index (κ2) is 7.75. The van der Waals surface area contributed by atoms with Crippen molar-refractivity contribution < 1.29 is 27.9 Å². The molecule has 0 radical (unpaired) electrons. The predicted octanol–water partition coefficient (Wildman–Crippen LogP) is 2.48. The minimum atomic E-state index is -1.31. The fourth-order valence-corrected chi connectivity index (χ4v) is 3.09. The topological polar surface area (TPSA) is 81.7 Å². The molecule has 29 heavy (non-hydrogen) atoms. The molecular formula is C20H20F3N3O3. The van der Waals surface area contributed by atoms with E-state index < -0.39 is 34.6 Å². The average molecular weight is 407 g/mol. The van der Waals surface area contributed by atoms with E-state index in [1.165, 1.54) is 24.0 Å². The van der Waals surface area contributed by atoms with Crippen molar-refractivity contribution in [3.05, 3.63) is 58.9 Å². The molecule has 0 aliphatic carbocycles. The standard InChI is InChI=1S/C20H20F3N3O3/c1-11-3-6-16(15(22)7-11)25-18-13(4-5-14(21)17(18)23)19(28)26-9-20(29,10-26)8-24-12(2)27/h3-7,25,29H,8-10H2,1-2H3,(H,24,27). The maximum absolute atomic E-state index is 14.4. The lowest BCUT2D eigenvalue weighted by atomic mass is 9.92. The van der Waals surface area contributed by atoms with Crippen molar-refractivity contribution in [1.29, 1.82) is 0 Å². The van der Waals surface area contributed by atoms with E-state index in [2.05, 4.69) is 10.6 Å². The Morgan fingerprint density at radius 1 is 1.14 bits per heavy atom. The first-order valence-electron chi connectivity index (χ1n) is 8.87. The lowest BCUT2D eigenvalue weighted by Crippen LogP contribution is -2.67. The van der Waals surface area contributed by atoms with Crippen LogP contribution in [-0.2, 0) is 4.79 Å². The van der Waals surface area contributed by atoms with Gasteiger partial charge in [0, 0.05) is 13.5 Å². The number of nitrogens with zero attached hydrogens (tertiary/aromatic N) is 1. The number of aryl methyl sites for hydroxylation is 1. The second-order valence-electron chi connectivity index (χ2n) is 7.19. The van der Waals surface area contributed by atoms with Crippen LogP contribution in [0.25, 0.3) is 0 Å². The van der Waals surface area contributed by atoms with Crippen LogP contribution in [0.3, 0.4) is 0 Å². The van der Waals surface area contributed by atoms with E-state index in [0.29, 0.717) is 5.56 Å². The number of amides is 2. The highest BCUT2D eigenvalue weighted by atomic mass is 19.2. The molecule has 0 atom stereocenters. The molecule has 1 fully saturated rings. The summed E-state index contributed by atoms with van der Waals surface area (Å²) in [6, 6.07) is 6.07. The van der Waals surface area contributed by atoms with Crippen LogP contribution < -0.4 is 10.6 Å². The molecule has 2 aromatic carbocycles. The first kappa shape index (κ1) is 20.7. The van der Waals surface area contributed by atoms with Gasteiger partial charge in [0.2, 0.25) is 5.91 Å². The number of halogens is 3. The molecule has 0 aromatic heterocycles. The number of aliphatic hydroxyl groups is 1. The van der Waals surface area contributed by atoms with Gasteiger partial charge in [0.15, 0.2) is 11.6 Å². The van der Waals surface area contributed by atoms with E-state index >= 15 is 0 Å². The van der Waals surface area contributed by atoms with E-state index in [4.69, 9.17) is 0 Å². The Kier molecular flexibility index (Phi) is 5.52. The molecule has 3 N–H and O–H groups in total. The number of nitrogens with one attached hydrogen (secondary N) is 2. The van der Waals surface area contributed by atoms with Crippen molar-refractivity contribution in [2.75, 3.05) is 25.0 Å². The van der Waals surface area contributed by atoms with Crippen LogP contribution in [0.2, 0.25) is 0 Å². The number of rotatable bonds is 5. The fraction of sp³-hybridized carbons (Fsp3) is 0.300. The number of anilines is 2. The van der Waals surface area contributed by atoms with Gasteiger partial charge in [0.05, 0.1) is 30.0 Å². The molecule has 0 bridgehead atoms. The molecule has 2 amide bonds. The van der Waals surface area contributed by atoms with Gasteiger partial charge in [0.1, 0.15) is 11.4 Å². The molecule has 0 saturated carbocycles. The van der Waals surface area contributed by atoms with E-state index in [0.717, 1.165) is 12.1 Å². The summed E-state index contributed by atoms with van der Waals surface area (Å²) in [5.74, 6) is -4.17. The Morgan fingerprint density at radius 2 is 1.83 bits per heavy atom. The quantitative estimate of drug-likeness (QED) is 0.711. The molecule has 3 rings (SSSR count). The summed E-state index contributed by atoms with van der Waals surface area (Å²) in [7, 11) is 0. The minimum Gasteiger partial charge on any atom is -0.384 e. The summed E-state index contributed by atoms with van der Waals surface area (Å²) in [6.07, 6.45) is 0. The van der Waals surface area contributed by atoms with Crippen molar-refractivity contribution in [2.45, 2.75) is 19.4 Å². The lowest BCUT2D eigenvalue weighted by Gasteiger charge is -2.46.